The molecular formula is C18H25N3O2. The maximum absolute atomic E-state index is 12.0. The lowest BCUT2D eigenvalue weighted by Gasteiger charge is -2.25. The zero-order valence-corrected chi connectivity index (χ0v) is 14.3. The molecule has 0 spiro atoms. The fraction of sp³-hybridized carbons (Fsp3) is 0.444. The average Bonchev–Trinajstić information content (AvgIpc) is 2.84. The Bertz CT molecular complexity index is 698. The van der Waals surface area contributed by atoms with Crippen molar-refractivity contribution in [3.05, 3.63) is 36.0 Å². The molecule has 23 heavy (non-hydrogen) atoms. The highest BCUT2D eigenvalue weighted by Crippen LogP contribution is 2.18. The molecule has 1 aromatic carbocycles. The molecule has 0 bridgehead atoms. The largest absolute Gasteiger partial charge is 0.361 e. The number of para-hydroxylation sites is 1. The van der Waals surface area contributed by atoms with Gasteiger partial charge in [-0.2, -0.15) is 0 Å². The van der Waals surface area contributed by atoms with E-state index in [1.54, 1.807) is 4.90 Å². The Hall–Kier alpha value is -2.30. The molecule has 1 aromatic heterocycles. The summed E-state index contributed by atoms with van der Waals surface area (Å²) in [5.41, 5.74) is 1.95. The van der Waals surface area contributed by atoms with Gasteiger partial charge in [-0.05, 0) is 38.8 Å². The van der Waals surface area contributed by atoms with E-state index in [2.05, 4.69) is 16.4 Å². The smallest absolute Gasteiger partial charge is 0.240 e. The van der Waals surface area contributed by atoms with E-state index in [-0.39, 0.29) is 23.9 Å². The number of nitrogens with zero attached hydrogens (tertiary/aromatic N) is 1. The van der Waals surface area contributed by atoms with Gasteiger partial charge in [0.1, 0.15) is 0 Å². The minimum atomic E-state index is -0.295. The van der Waals surface area contributed by atoms with Crippen molar-refractivity contribution in [1.82, 2.24) is 15.2 Å². The van der Waals surface area contributed by atoms with Crippen LogP contribution < -0.4 is 5.32 Å². The van der Waals surface area contributed by atoms with Gasteiger partial charge in [-0.1, -0.05) is 18.2 Å². The number of carbonyl (C=O) groups is 2. The van der Waals surface area contributed by atoms with Crippen LogP contribution in [0.4, 0.5) is 0 Å². The van der Waals surface area contributed by atoms with Crippen molar-refractivity contribution in [2.75, 3.05) is 13.1 Å². The number of H-pyrrole nitrogens is 1. The highest BCUT2D eigenvalue weighted by molar-refractivity contribution is 5.85. The third kappa shape index (κ3) is 4.84. The molecule has 2 rings (SSSR count). The van der Waals surface area contributed by atoms with Gasteiger partial charge in [-0.25, -0.2) is 0 Å². The fourth-order valence-electron chi connectivity index (χ4n) is 2.57. The lowest BCUT2D eigenvalue weighted by Crippen LogP contribution is -2.47. The van der Waals surface area contributed by atoms with Crippen molar-refractivity contribution >= 4 is 22.7 Å². The first-order valence-corrected chi connectivity index (χ1v) is 7.88. The normalized spacial score (nSPS) is 11.5. The van der Waals surface area contributed by atoms with Crippen molar-refractivity contribution < 1.29 is 9.59 Å². The summed E-state index contributed by atoms with van der Waals surface area (Å²) in [7, 11) is 0. The van der Waals surface area contributed by atoms with Crippen molar-refractivity contribution in [3.63, 3.8) is 0 Å². The number of carbonyl (C=O) groups excluding carboxylic acids is 2. The maximum Gasteiger partial charge on any atom is 0.240 e. The average molecular weight is 315 g/mol. The van der Waals surface area contributed by atoms with Gasteiger partial charge in [0, 0.05) is 36.1 Å². The van der Waals surface area contributed by atoms with E-state index < -0.39 is 0 Å². The van der Waals surface area contributed by atoms with Gasteiger partial charge < -0.3 is 15.2 Å². The van der Waals surface area contributed by atoms with Crippen LogP contribution in [-0.2, 0) is 16.0 Å². The minimum Gasteiger partial charge on any atom is -0.361 e. The molecule has 0 unspecified atom stereocenters. The highest BCUT2D eigenvalue weighted by atomic mass is 16.2. The predicted molar refractivity (Wildman–Crippen MR) is 92.2 cm³/mol. The van der Waals surface area contributed by atoms with E-state index in [1.807, 2.05) is 45.2 Å². The number of hydrogen-bond donors (Lipinski definition) is 2. The molecule has 2 aromatic rings. The van der Waals surface area contributed by atoms with Crippen LogP contribution in [0.3, 0.4) is 0 Å². The molecule has 1 heterocycles. The fourth-order valence-corrected chi connectivity index (χ4v) is 2.57. The van der Waals surface area contributed by atoms with Crippen LogP contribution in [0.15, 0.2) is 30.5 Å². The third-order valence-corrected chi connectivity index (χ3v) is 3.62. The first kappa shape index (κ1) is 17.1. The lowest BCUT2D eigenvalue weighted by molar-refractivity contribution is -0.134. The maximum atomic E-state index is 12.0. The molecule has 0 aliphatic rings. The number of fused-ring (bicyclic) bond motifs is 1. The topological polar surface area (TPSA) is 65.2 Å². The number of amides is 2. The molecule has 0 aliphatic carbocycles. The van der Waals surface area contributed by atoms with Crippen molar-refractivity contribution in [2.45, 2.75) is 39.7 Å². The van der Waals surface area contributed by atoms with Gasteiger partial charge in [0.05, 0.1) is 6.54 Å². The lowest BCUT2D eigenvalue weighted by atomic mass is 10.1. The molecule has 0 radical (unpaired) electrons. The molecule has 0 atom stereocenters. The number of rotatable bonds is 5. The van der Waals surface area contributed by atoms with E-state index in [1.165, 1.54) is 6.92 Å². The first-order chi connectivity index (χ1) is 10.8. The molecule has 2 amide bonds. The molecule has 0 saturated heterocycles. The van der Waals surface area contributed by atoms with Gasteiger partial charge >= 0.3 is 0 Å². The molecule has 124 valence electrons. The Balaban J connectivity index is 2.00. The summed E-state index contributed by atoms with van der Waals surface area (Å²) in [5, 5.41) is 4.05. The van der Waals surface area contributed by atoms with E-state index in [0.717, 1.165) is 16.5 Å². The van der Waals surface area contributed by atoms with E-state index >= 15 is 0 Å². The monoisotopic (exact) mass is 315 g/mol. The number of nitrogens with one attached hydrogen (secondary N) is 2. The Kier molecular flexibility index (Phi) is 5.08. The van der Waals surface area contributed by atoms with Crippen LogP contribution in [-0.4, -0.2) is 40.3 Å². The van der Waals surface area contributed by atoms with Gasteiger partial charge in [0.15, 0.2) is 0 Å². The van der Waals surface area contributed by atoms with E-state index in [4.69, 9.17) is 0 Å². The highest BCUT2D eigenvalue weighted by Gasteiger charge is 2.18. The summed E-state index contributed by atoms with van der Waals surface area (Å²) in [6, 6.07) is 8.07. The molecule has 5 heteroatoms. The molecule has 0 aliphatic heterocycles. The Morgan fingerprint density at radius 1 is 1.22 bits per heavy atom. The molecule has 0 fully saturated rings. The second-order valence-corrected chi connectivity index (χ2v) is 6.85. The van der Waals surface area contributed by atoms with Crippen LogP contribution in [0, 0.1) is 0 Å². The van der Waals surface area contributed by atoms with Gasteiger partial charge in [-0.3, -0.25) is 9.59 Å². The summed E-state index contributed by atoms with van der Waals surface area (Å²) in [4.78, 5) is 28.7. The van der Waals surface area contributed by atoms with Crippen molar-refractivity contribution in [1.29, 1.82) is 0 Å². The molecule has 5 nitrogen and oxygen atoms in total. The number of aromatic nitrogens is 1. The second kappa shape index (κ2) is 6.86. The Morgan fingerprint density at radius 3 is 2.57 bits per heavy atom. The predicted octanol–water partition coefficient (Wildman–Crippen LogP) is 2.47. The van der Waals surface area contributed by atoms with Crippen LogP contribution in [0.5, 0.6) is 0 Å². The summed E-state index contributed by atoms with van der Waals surface area (Å²) < 4.78 is 0. The zero-order chi connectivity index (χ0) is 17.0. The second-order valence-electron chi connectivity index (χ2n) is 6.85. The van der Waals surface area contributed by atoms with Gasteiger partial charge in [-0.15, -0.1) is 0 Å². The Morgan fingerprint density at radius 2 is 1.91 bits per heavy atom. The number of aromatic amines is 1. The zero-order valence-electron chi connectivity index (χ0n) is 14.3. The molecule has 0 saturated carbocycles. The SMILES string of the molecule is CC(=O)N(CCc1c[nH]c2ccccc12)CC(=O)NC(C)(C)C. The van der Waals surface area contributed by atoms with E-state index in [0.29, 0.717) is 13.0 Å². The first-order valence-electron chi connectivity index (χ1n) is 7.88. The van der Waals surface area contributed by atoms with Crippen LogP contribution in [0.1, 0.15) is 33.3 Å². The van der Waals surface area contributed by atoms with E-state index in [9.17, 15) is 9.59 Å². The molecular weight excluding hydrogens is 290 g/mol. The summed E-state index contributed by atoms with van der Waals surface area (Å²) in [6.07, 6.45) is 2.69. The van der Waals surface area contributed by atoms with Gasteiger partial charge in [0.2, 0.25) is 11.8 Å². The summed E-state index contributed by atoms with van der Waals surface area (Å²) in [6.45, 7) is 7.89. The standard InChI is InChI=1S/C18H25N3O2/c1-13(22)21(12-17(23)20-18(2,3)4)10-9-14-11-19-16-8-6-5-7-15(14)16/h5-8,11,19H,9-10,12H2,1-4H3,(H,20,23). The number of benzene rings is 1. The van der Waals surface area contributed by atoms with Crippen molar-refractivity contribution in [3.8, 4) is 0 Å². The van der Waals surface area contributed by atoms with Crippen LogP contribution in [0.2, 0.25) is 0 Å². The number of hydrogen-bond acceptors (Lipinski definition) is 2. The van der Waals surface area contributed by atoms with Crippen LogP contribution in [0.25, 0.3) is 10.9 Å². The van der Waals surface area contributed by atoms with Crippen molar-refractivity contribution in [2.24, 2.45) is 0 Å². The Labute approximate surface area is 137 Å². The quantitative estimate of drug-likeness (QED) is 0.890. The third-order valence-electron chi connectivity index (χ3n) is 3.62. The van der Waals surface area contributed by atoms with Crippen LogP contribution >= 0.6 is 0 Å². The molecule has 2 N–H and O–H groups in total. The summed E-state index contributed by atoms with van der Waals surface area (Å²) in [5.74, 6) is -0.222. The summed E-state index contributed by atoms with van der Waals surface area (Å²) >= 11 is 0. The van der Waals surface area contributed by atoms with Gasteiger partial charge in [0.25, 0.3) is 0 Å². The minimum absolute atomic E-state index is 0.0890.